The minimum atomic E-state index is -4.85. The molecule has 12 heteroatoms. The Balaban J connectivity index is 1.70. The summed E-state index contributed by atoms with van der Waals surface area (Å²) in [6.45, 7) is 3.06. The van der Waals surface area contributed by atoms with E-state index in [1.807, 2.05) is 30.5 Å². The molecule has 0 aliphatic rings. The Kier molecular flexibility index (Phi) is 7.37. The van der Waals surface area contributed by atoms with Gasteiger partial charge in [0, 0.05) is 29.1 Å². The SMILES string of the molecule is CSc1cccc(-c2ccc(-n3cc(C(F)(F)F)nc3C)c(-c3oc(C)nc3-c3ccc(OC(F)(F)F)cc3)c2)c1. The van der Waals surface area contributed by atoms with Gasteiger partial charge in [-0.2, -0.15) is 13.2 Å². The molecule has 0 atom stereocenters. The fraction of sp³-hybridized carbons (Fsp3) is 0.172. The Bertz CT molecular complexity index is 1710. The summed E-state index contributed by atoms with van der Waals surface area (Å²) in [7, 11) is 0. The predicted molar refractivity (Wildman–Crippen MR) is 143 cm³/mol. The second-order valence-electron chi connectivity index (χ2n) is 8.99. The number of hydrogen-bond donors (Lipinski definition) is 0. The molecule has 2 aromatic heterocycles. The van der Waals surface area contributed by atoms with Crippen LogP contribution < -0.4 is 4.74 Å². The number of halogens is 6. The number of rotatable bonds is 6. The van der Waals surface area contributed by atoms with Crippen molar-refractivity contribution in [3.8, 4) is 45.1 Å². The highest BCUT2D eigenvalue weighted by Crippen LogP contribution is 2.40. The van der Waals surface area contributed by atoms with Crippen molar-refractivity contribution in [1.82, 2.24) is 14.5 Å². The molecule has 5 rings (SSSR count). The number of aromatic nitrogens is 3. The van der Waals surface area contributed by atoms with Crippen molar-refractivity contribution in [2.45, 2.75) is 31.3 Å². The van der Waals surface area contributed by atoms with Gasteiger partial charge in [0.2, 0.25) is 0 Å². The second-order valence-corrected chi connectivity index (χ2v) is 9.87. The molecule has 0 aliphatic heterocycles. The molecule has 5 nitrogen and oxygen atoms in total. The maximum absolute atomic E-state index is 13.5. The van der Waals surface area contributed by atoms with E-state index in [0.717, 1.165) is 34.4 Å². The van der Waals surface area contributed by atoms with Gasteiger partial charge in [0.15, 0.2) is 17.3 Å². The highest BCUT2D eigenvalue weighted by atomic mass is 32.2. The van der Waals surface area contributed by atoms with Gasteiger partial charge in [-0.3, -0.25) is 0 Å². The number of benzene rings is 3. The van der Waals surface area contributed by atoms with Crippen LogP contribution in [0.2, 0.25) is 0 Å². The van der Waals surface area contributed by atoms with Crippen molar-refractivity contribution >= 4 is 11.8 Å². The van der Waals surface area contributed by atoms with Crippen LogP contribution in [0.5, 0.6) is 5.75 Å². The lowest BCUT2D eigenvalue weighted by Gasteiger charge is -2.14. The van der Waals surface area contributed by atoms with Crippen LogP contribution in [0, 0.1) is 13.8 Å². The molecule has 0 amide bonds. The molecule has 0 N–H and O–H groups in total. The van der Waals surface area contributed by atoms with E-state index in [-0.39, 0.29) is 17.5 Å². The maximum Gasteiger partial charge on any atom is 0.573 e. The van der Waals surface area contributed by atoms with Gasteiger partial charge in [-0.1, -0.05) is 18.2 Å². The third-order valence-corrected chi connectivity index (χ3v) is 6.90. The van der Waals surface area contributed by atoms with E-state index in [9.17, 15) is 26.3 Å². The van der Waals surface area contributed by atoms with E-state index in [0.29, 0.717) is 22.5 Å². The summed E-state index contributed by atoms with van der Waals surface area (Å²) >= 11 is 1.56. The minimum Gasteiger partial charge on any atom is -0.440 e. The lowest BCUT2D eigenvalue weighted by atomic mass is 9.98. The van der Waals surface area contributed by atoms with Crippen molar-refractivity contribution in [2.75, 3.05) is 6.26 Å². The molecule has 2 heterocycles. The van der Waals surface area contributed by atoms with Gasteiger partial charge in [0.1, 0.15) is 17.3 Å². The summed E-state index contributed by atoms with van der Waals surface area (Å²) in [5, 5.41) is 0. The Morgan fingerprint density at radius 2 is 1.51 bits per heavy atom. The van der Waals surface area contributed by atoms with Crippen molar-refractivity contribution in [2.24, 2.45) is 0 Å². The molecule has 0 unspecified atom stereocenters. The molecule has 0 aliphatic carbocycles. The van der Waals surface area contributed by atoms with Crippen LogP contribution in [0.4, 0.5) is 26.3 Å². The molecule has 0 bridgehead atoms. The van der Waals surface area contributed by atoms with Crippen LogP contribution in [-0.2, 0) is 6.18 Å². The number of thioether (sulfide) groups is 1. The third-order valence-electron chi connectivity index (χ3n) is 6.17. The van der Waals surface area contributed by atoms with E-state index < -0.39 is 24.0 Å². The van der Waals surface area contributed by atoms with Gasteiger partial charge in [-0.05, 0) is 72.8 Å². The zero-order valence-corrected chi connectivity index (χ0v) is 22.6. The second kappa shape index (κ2) is 10.7. The molecule has 5 aromatic rings. The number of ether oxygens (including phenoxy) is 1. The van der Waals surface area contributed by atoms with E-state index >= 15 is 0 Å². The average molecular weight is 590 g/mol. The van der Waals surface area contributed by atoms with Crippen LogP contribution in [0.3, 0.4) is 0 Å². The molecular formula is C29H21F6N3O2S. The molecule has 0 saturated carbocycles. The van der Waals surface area contributed by atoms with Crippen LogP contribution >= 0.6 is 11.8 Å². The third kappa shape index (κ3) is 6.12. The van der Waals surface area contributed by atoms with Crippen LogP contribution in [0.25, 0.3) is 39.4 Å². The van der Waals surface area contributed by atoms with E-state index in [1.54, 1.807) is 36.9 Å². The summed E-state index contributed by atoms with van der Waals surface area (Å²) in [6, 6.07) is 18.1. The number of alkyl halides is 6. The largest absolute Gasteiger partial charge is 0.573 e. The highest BCUT2D eigenvalue weighted by Gasteiger charge is 2.35. The zero-order valence-electron chi connectivity index (χ0n) is 21.8. The lowest BCUT2D eigenvalue weighted by Crippen LogP contribution is -2.16. The summed E-state index contributed by atoms with van der Waals surface area (Å²) in [6.07, 6.45) is -6.64. The summed E-state index contributed by atoms with van der Waals surface area (Å²) in [5.41, 5.74) is 2.07. The monoisotopic (exact) mass is 589 g/mol. The fourth-order valence-electron chi connectivity index (χ4n) is 4.38. The number of hydrogen-bond acceptors (Lipinski definition) is 5. The normalized spacial score (nSPS) is 12.1. The van der Waals surface area contributed by atoms with Crippen LogP contribution in [-0.4, -0.2) is 27.2 Å². The average Bonchev–Trinajstić information content (AvgIpc) is 3.50. The zero-order chi connectivity index (χ0) is 29.5. The standard InChI is InChI=1S/C29H21F6N3O2S/c1-16-36-25(28(30,31)32)15-38(16)24-12-9-20(19-5-4-6-22(13-19)41-3)14-23(24)27-26(37-17(2)39-27)18-7-10-21(11-8-18)40-29(33,34)35/h4-15H,1-3H3. The Morgan fingerprint density at radius 3 is 2.15 bits per heavy atom. The van der Waals surface area contributed by atoms with Crippen molar-refractivity contribution in [1.29, 1.82) is 0 Å². The molecule has 212 valence electrons. The summed E-state index contributed by atoms with van der Waals surface area (Å²) in [4.78, 5) is 9.18. The van der Waals surface area contributed by atoms with Gasteiger partial charge in [0.05, 0.1) is 5.69 Å². The summed E-state index contributed by atoms with van der Waals surface area (Å²) in [5.74, 6) is 0.173. The van der Waals surface area contributed by atoms with Gasteiger partial charge in [-0.25, -0.2) is 9.97 Å². The number of imidazole rings is 1. The first kappa shape index (κ1) is 28.3. The maximum atomic E-state index is 13.5. The molecule has 0 radical (unpaired) electrons. The molecule has 0 fully saturated rings. The fourth-order valence-corrected chi connectivity index (χ4v) is 4.84. The van der Waals surface area contributed by atoms with Crippen molar-refractivity contribution < 1.29 is 35.5 Å². The topological polar surface area (TPSA) is 53.1 Å². The predicted octanol–water partition coefficient (Wildman–Crippen LogP) is 9.12. The Labute approximate surface area is 234 Å². The molecule has 3 aromatic carbocycles. The van der Waals surface area contributed by atoms with Crippen LogP contribution in [0.1, 0.15) is 17.4 Å². The van der Waals surface area contributed by atoms with E-state index in [1.165, 1.54) is 23.6 Å². The van der Waals surface area contributed by atoms with Gasteiger partial charge in [-0.15, -0.1) is 24.9 Å². The van der Waals surface area contributed by atoms with Crippen molar-refractivity contribution in [3.63, 3.8) is 0 Å². The Morgan fingerprint density at radius 1 is 0.829 bits per heavy atom. The first-order valence-corrected chi connectivity index (χ1v) is 13.3. The Hall–Kier alpha value is -4.19. The molecule has 0 saturated heterocycles. The van der Waals surface area contributed by atoms with Crippen LogP contribution in [0.15, 0.2) is 82.2 Å². The van der Waals surface area contributed by atoms with E-state index in [2.05, 4.69) is 14.7 Å². The number of aryl methyl sites for hydroxylation is 2. The van der Waals surface area contributed by atoms with Gasteiger partial charge >= 0.3 is 12.5 Å². The van der Waals surface area contributed by atoms with E-state index in [4.69, 9.17) is 4.42 Å². The first-order chi connectivity index (χ1) is 19.3. The minimum absolute atomic E-state index is 0.0992. The highest BCUT2D eigenvalue weighted by molar-refractivity contribution is 7.98. The number of oxazole rings is 1. The number of nitrogens with zero attached hydrogens (tertiary/aromatic N) is 3. The molecular weight excluding hydrogens is 568 g/mol. The summed E-state index contributed by atoms with van der Waals surface area (Å²) < 4.78 is 89.8. The smallest absolute Gasteiger partial charge is 0.440 e. The van der Waals surface area contributed by atoms with Gasteiger partial charge < -0.3 is 13.7 Å². The lowest BCUT2D eigenvalue weighted by molar-refractivity contribution is -0.274. The van der Waals surface area contributed by atoms with Gasteiger partial charge in [0.25, 0.3) is 0 Å². The van der Waals surface area contributed by atoms with Crippen molar-refractivity contribution in [3.05, 3.63) is 90.3 Å². The first-order valence-electron chi connectivity index (χ1n) is 12.1. The quantitative estimate of drug-likeness (QED) is 0.146. The molecule has 41 heavy (non-hydrogen) atoms. The molecule has 0 spiro atoms.